The molecule has 2 N–H and O–H groups in total. The van der Waals surface area contributed by atoms with Gasteiger partial charge in [0, 0.05) is 24.8 Å². The molecule has 1 amide bonds. The summed E-state index contributed by atoms with van der Waals surface area (Å²) in [7, 11) is 4.08. The number of nitrogens with one attached hydrogen (secondary N) is 2. The molecule has 178 valence electrons. The van der Waals surface area contributed by atoms with Crippen molar-refractivity contribution < 1.29 is 14.0 Å². The number of carbonyl (C=O) groups excluding carboxylic acids is 2. The quantitative estimate of drug-likeness (QED) is 0.384. The molecule has 8 nitrogen and oxygen atoms in total. The zero-order chi connectivity index (χ0) is 24.4. The van der Waals surface area contributed by atoms with Gasteiger partial charge in [0.15, 0.2) is 11.6 Å². The number of hydrogen-bond acceptors (Lipinski definition) is 6. The van der Waals surface area contributed by atoms with Crippen LogP contribution >= 0.6 is 23.2 Å². The highest BCUT2D eigenvalue weighted by atomic mass is 35.5. The molecule has 0 aliphatic carbocycles. The highest BCUT2D eigenvalue weighted by Crippen LogP contribution is 2.28. The SMILES string of the molecule is CN1CCC(N(C)c2ncc(NC(=O)c3cc(C(=O)c4c(Cl)ccc(Cl)c4F)c[nH]3)cn2)CC1. The summed E-state index contributed by atoms with van der Waals surface area (Å²) in [4.78, 5) is 41.2. The molecular weight excluding hydrogens is 482 g/mol. The fourth-order valence-corrected chi connectivity index (χ4v) is 4.24. The molecule has 1 aromatic carbocycles. The summed E-state index contributed by atoms with van der Waals surface area (Å²) in [5.74, 6) is -1.52. The van der Waals surface area contributed by atoms with Gasteiger partial charge in [-0.25, -0.2) is 14.4 Å². The minimum atomic E-state index is -0.908. The van der Waals surface area contributed by atoms with Crippen molar-refractivity contribution in [2.45, 2.75) is 18.9 Å². The molecule has 0 bridgehead atoms. The summed E-state index contributed by atoms with van der Waals surface area (Å²) < 4.78 is 14.3. The molecule has 3 heterocycles. The van der Waals surface area contributed by atoms with E-state index >= 15 is 0 Å². The minimum absolute atomic E-state index is 0.0680. The van der Waals surface area contributed by atoms with E-state index in [1.165, 1.54) is 36.8 Å². The van der Waals surface area contributed by atoms with E-state index in [-0.39, 0.29) is 26.9 Å². The van der Waals surface area contributed by atoms with E-state index in [2.05, 4.69) is 37.1 Å². The zero-order valence-electron chi connectivity index (χ0n) is 18.6. The Kier molecular flexibility index (Phi) is 7.16. The van der Waals surface area contributed by atoms with E-state index in [0.29, 0.717) is 17.7 Å². The summed E-state index contributed by atoms with van der Waals surface area (Å²) in [5, 5.41) is 2.40. The first-order valence-corrected chi connectivity index (χ1v) is 11.4. The highest BCUT2D eigenvalue weighted by Gasteiger charge is 2.24. The zero-order valence-corrected chi connectivity index (χ0v) is 20.1. The molecule has 11 heteroatoms. The van der Waals surface area contributed by atoms with Crippen LogP contribution < -0.4 is 10.2 Å². The number of piperidine rings is 1. The van der Waals surface area contributed by atoms with E-state index in [1.54, 1.807) is 0 Å². The number of aromatic nitrogens is 3. The lowest BCUT2D eigenvalue weighted by Gasteiger charge is -2.35. The maximum Gasteiger partial charge on any atom is 0.272 e. The van der Waals surface area contributed by atoms with Gasteiger partial charge in [0.2, 0.25) is 5.95 Å². The normalized spacial score (nSPS) is 14.7. The summed E-state index contributed by atoms with van der Waals surface area (Å²) in [6, 6.07) is 4.29. The number of amides is 1. The third kappa shape index (κ3) is 5.06. The standard InChI is InChI=1S/C23H23Cl2FN6O2/c1-31-7-5-15(6-8-31)32(2)23-28-11-14(12-29-23)30-22(34)18-9-13(10-27-18)21(33)19-16(24)3-4-17(25)20(19)26/h3-4,9-12,15,27H,5-8H2,1-2H3,(H,30,34). The molecule has 2 aromatic heterocycles. The second-order valence-corrected chi connectivity index (χ2v) is 9.03. The van der Waals surface area contributed by atoms with Gasteiger partial charge in [-0.2, -0.15) is 0 Å². The third-order valence-corrected chi connectivity index (χ3v) is 6.52. The third-order valence-electron chi connectivity index (χ3n) is 5.91. The van der Waals surface area contributed by atoms with Crippen LogP contribution in [0.15, 0.2) is 36.8 Å². The molecule has 0 saturated carbocycles. The number of carbonyl (C=O) groups is 2. The molecule has 0 spiro atoms. The van der Waals surface area contributed by atoms with Crippen LogP contribution in [0.2, 0.25) is 10.0 Å². The van der Waals surface area contributed by atoms with Gasteiger partial charge >= 0.3 is 0 Å². The van der Waals surface area contributed by atoms with Crippen molar-refractivity contribution in [3.63, 3.8) is 0 Å². The van der Waals surface area contributed by atoms with Crippen molar-refractivity contribution in [2.75, 3.05) is 37.4 Å². The Labute approximate surface area is 206 Å². The molecule has 1 aliphatic heterocycles. The summed E-state index contributed by atoms with van der Waals surface area (Å²) in [6.45, 7) is 2.06. The molecule has 1 saturated heterocycles. The lowest BCUT2D eigenvalue weighted by molar-refractivity contribution is 0.102. The fraction of sp³-hybridized carbons (Fsp3) is 0.304. The van der Waals surface area contributed by atoms with Crippen molar-refractivity contribution in [3.05, 3.63) is 69.5 Å². The monoisotopic (exact) mass is 504 g/mol. The van der Waals surface area contributed by atoms with Gasteiger partial charge in [-0.15, -0.1) is 0 Å². The van der Waals surface area contributed by atoms with Crippen molar-refractivity contribution >= 4 is 46.5 Å². The van der Waals surface area contributed by atoms with Gasteiger partial charge in [-0.05, 0) is 51.2 Å². The van der Waals surface area contributed by atoms with Gasteiger partial charge in [0.1, 0.15) is 5.69 Å². The average Bonchev–Trinajstić information content (AvgIpc) is 3.33. The Hall–Kier alpha value is -3.01. The van der Waals surface area contributed by atoms with Crippen LogP contribution in [-0.4, -0.2) is 64.8 Å². The van der Waals surface area contributed by atoms with Crippen LogP contribution in [0.5, 0.6) is 0 Å². The van der Waals surface area contributed by atoms with Crippen LogP contribution in [0, 0.1) is 5.82 Å². The Morgan fingerprint density at radius 2 is 1.82 bits per heavy atom. The van der Waals surface area contributed by atoms with Crippen molar-refractivity contribution in [1.29, 1.82) is 0 Å². The van der Waals surface area contributed by atoms with Gasteiger partial charge < -0.3 is 20.1 Å². The molecule has 0 atom stereocenters. The molecule has 34 heavy (non-hydrogen) atoms. The van der Waals surface area contributed by atoms with Crippen molar-refractivity contribution in [3.8, 4) is 0 Å². The van der Waals surface area contributed by atoms with Crippen LogP contribution in [0.3, 0.4) is 0 Å². The van der Waals surface area contributed by atoms with Crippen LogP contribution in [0.1, 0.15) is 39.3 Å². The maximum absolute atomic E-state index is 14.3. The largest absolute Gasteiger partial charge is 0.356 e. The van der Waals surface area contributed by atoms with E-state index < -0.39 is 17.5 Å². The second kappa shape index (κ2) is 10.1. The van der Waals surface area contributed by atoms with Gasteiger partial charge in [-0.1, -0.05) is 23.2 Å². The van der Waals surface area contributed by atoms with Crippen LogP contribution in [0.4, 0.5) is 16.0 Å². The maximum atomic E-state index is 14.3. The smallest absolute Gasteiger partial charge is 0.272 e. The van der Waals surface area contributed by atoms with E-state index in [1.807, 2.05) is 7.05 Å². The number of likely N-dealkylation sites (tertiary alicyclic amines) is 1. The van der Waals surface area contributed by atoms with Crippen LogP contribution in [0.25, 0.3) is 0 Å². The minimum Gasteiger partial charge on any atom is -0.356 e. The fourth-order valence-electron chi connectivity index (χ4n) is 3.85. The predicted octanol–water partition coefficient (Wildman–Crippen LogP) is 4.26. The number of H-pyrrole nitrogens is 1. The van der Waals surface area contributed by atoms with Gasteiger partial charge in [0.25, 0.3) is 5.91 Å². The van der Waals surface area contributed by atoms with E-state index in [9.17, 15) is 14.0 Å². The number of hydrogen-bond donors (Lipinski definition) is 2. The lowest BCUT2D eigenvalue weighted by atomic mass is 10.0. The Morgan fingerprint density at radius 3 is 2.50 bits per heavy atom. The number of anilines is 2. The Balaban J connectivity index is 1.42. The summed E-state index contributed by atoms with van der Waals surface area (Å²) in [6.07, 6.45) is 6.44. The topological polar surface area (TPSA) is 94.2 Å². The Morgan fingerprint density at radius 1 is 1.18 bits per heavy atom. The van der Waals surface area contributed by atoms with Gasteiger partial charge in [0.05, 0.1) is 33.7 Å². The Bertz CT molecular complexity index is 1210. The molecule has 4 rings (SSSR count). The number of ketones is 1. The highest BCUT2D eigenvalue weighted by molar-refractivity contribution is 6.37. The average molecular weight is 505 g/mol. The number of nitrogens with zero attached hydrogens (tertiary/aromatic N) is 4. The summed E-state index contributed by atoms with van der Waals surface area (Å²) in [5.41, 5.74) is 0.226. The number of halogens is 3. The second-order valence-electron chi connectivity index (χ2n) is 8.22. The van der Waals surface area contributed by atoms with E-state index in [4.69, 9.17) is 23.2 Å². The van der Waals surface area contributed by atoms with Gasteiger partial charge in [-0.3, -0.25) is 9.59 Å². The summed E-state index contributed by atoms with van der Waals surface area (Å²) >= 11 is 11.8. The molecule has 0 radical (unpaired) electrons. The number of aromatic amines is 1. The number of benzene rings is 1. The molecule has 1 aliphatic rings. The number of rotatable bonds is 6. The molecule has 1 fully saturated rings. The van der Waals surface area contributed by atoms with Crippen molar-refractivity contribution in [2.24, 2.45) is 0 Å². The first-order chi connectivity index (χ1) is 16.2. The lowest BCUT2D eigenvalue weighted by Crippen LogP contribution is -2.42. The molecule has 3 aromatic rings. The van der Waals surface area contributed by atoms with Crippen LogP contribution in [-0.2, 0) is 0 Å². The predicted molar refractivity (Wildman–Crippen MR) is 130 cm³/mol. The van der Waals surface area contributed by atoms with Crippen molar-refractivity contribution in [1.82, 2.24) is 19.9 Å². The molecule has 0 unspecified atom stereocenters. The first kappa shape index (κ1) is 24.1. The van der Waals surface area contributed by atoms with E-state index in [0.717, 1.165) is 25.9 Å². The molecular formula is C23H23Cl2FN6O2. The first-order valence-electron chi connectivity index (χ1n) is 10.7.